The maximum Gasteiger partial charge on any atom is 0.328 e. The molecule has 0 bridgehead atoms. The molecule has 0 aliphatic heterocycles. The molecule has 1 aromatic heterocycles. The van der Waals surface area contributed by atoms with Gasteiger partial charge < -0.3 is 10.1 Å². The Morgan fingerprint density at radius 3 is 2.67 bits per heavy atom. The number of hydrogen-bond acceptors (Lipinski definition) is 5. The van der Waals surface area contributed by atoms with Crippen molar-refractivity contribution in [1.82, 2.24) is 15.1 Å². The molecule has 24 heavy (non-hydrogen) atoms. The number of fused-ring (bicyclic) bond motifs is 1. The highest BCUT2D eigenvalue weighted by atomic mass is 16.5. The number of ether oxygens (including phenoxy) is 1. The first-order valence-electron chi connectivity index (χ1n) is 7.74. The van der Waals surface area contributed by atoms with E-state index >= 15 is 0 Å². The number of amides is 1. The summed E-state index contributed by atoms with van der Waals surface area (Å²) in [6.45, 7) is 3.63. The fourth-order valence-electron chi connectivity index (χ4n) is 2.44. The fourth-order valence-corrected chi connectivity index (χ4v) is 2.44. The third kappa shape index (κ3) is 4.18. The normalized spacial score (nSPS) is 12.2. The van der Waals surface area contributed by atoms with Crippen LogP contribution in [-0.4, -0.2) is 34.8 Å². The summed E-state index contributed by atoms with van der Waals surface area (Å²) in [5, 5.41) is 7.82. The zero-order valence-electron chi connectivity index (χ0n) is 14.0. The van der Waals surface area contributed by atoms with Gasteiger partial charge in [0.25, 0.3) is 5.56 Å². The molecule has 1 N–H and O–H groups in total. The average molecular weight is 331 g/mol. The smallest absolute Gasteiger partial charge is 0.328 e. The van der Waals surface area contributed by atoms with Crippen LogP contribution in [0.25, 0.3) is 10.8 Å². The van der Waals surface area contributed by atoms with Crippen LogP contribution in [-0.2, 0) is 20.9 Å². The van der Waals surface area contributed by atoms with Gasteiger partial charge in [-0.3, -0.25) is 9.59 Å². The summed E-state index contributed by atoms with van der Waals surface area (Å²) in [5.74, 6) is -0.761. The van der Waals surface area contributed by atoms with Crippen LogP contribution in [0, 0.1) is 5.92 Å². The quantitative estimate of drug-likeness (QED) is 0.801. The van der Waals surface area contributed by atoms with E-state index in [4.69, 9.17) is 4.74 Å². The number of carbonyl (C=O) groups excluding carboxylic acids is 2. The van der Waals surface area contributed by atoms with Gasteiger partial charge in [-0.2, -0.15) is 5.10 Å². The largest absolute Gasteiger partial charge is 0.467 e. The first kappa shape index (κ1) is 17.7. The van der Waals surface area contributed by atoms with Crippen LogP contribution in [0.15, 0.2) is 35.3 Å². The lowest BCUT2D eigenvalue weighted by Crippen LogP contribution is -2.44. The number of carbonyl (C=O) groups is 2. The highest BCUT2D eigenvalue weighted by molar-refractivity contribution is 5.85. The van der Waals surface area contributed by atoms with E-state index in [1.807, 2.05) is 19.9 Å². The lowest BCUT2D eigenvalue weighted by molar-refractivity contribution is -0.145. The van der Waals surface area contributed by atoms with Gasteiger partial charge in [-0.15, -0.1) is 0 Å². The molecule has 0 aliphatic carbocycles. The van der Waals surface area contributed by atoms with Crippen molar-refractivity contribution in [3.8, 4) is 0 Å². The Morgan fingerprint density at radius 2 is 2.00 bits per heavy atom. The monoisotopic (exact) mass is 331 g/mol. The van der Waals surface area contributed by atoms with Crippen LogP contribution in [0.3, 0.4) is 0 Å². The highest BCUT2D eigenvalue weighted by Gasteiger charge is 2.23. The SMILES string of the molecule is COC(=O)[C@@H](CC(C)C)NC(=O)Cn1ncc2ccccc2c1=O. The van der Waals surface area contributed by atoms with Crippen LogP contribution in [0.1, 0.15) is 20.3 Å². The molecular weight excluding hydrogens is 310 g/mol. The second kappa shape index (κ2) is 7.72. The number of rotatable bonds is 6. The number of nitrogens with one attached hydrogen (secondary N) is 1. The number of aromatic nitrogens is 2. The maximum absolute atomic E-state index is 12.3. The summed E-state index contributed by atoms with van der Waals surface area (Å²) in [4.78, 5) is 36.3. The van der Waals surface area contributed by atoms with Crippen molar-refractivity contribution >= 4 is 22.6 Å². The number of esters is 1. The van der Waals surface area contributed by atoms with Gasteiger partial charge in [-0.25, -0.2) is 9.48 Å². The van der Waals surface area contributed by atoms with E-state index in [0.29, 0.717) is 17.2 Å². The number of nitrogens with zero attached hydrogens (tertiary/aromatic N) is 2. The van der Waals surface area contributed by atoms with Crippen molar-refractivity contribution in [2.75, 3.05) is 7.11 Å². The summed E-state index contributed by atoms with van der Waals surface area (Å²) >= 11 is 0. The van der Waals surface area contributed by atoms with Crippen molar-refractivity contribution in [1.29, 1.82) is 0 Å². The second-order valence-electron chi connectivity index (χ2n) is 5.97. The standard InChI is InChI=1S/C17H21N3O4/c1-11(2)8-14(17(23)24-3)19-15(21)10-20-16(22)13-7-5-4-6-12(13)9-18-20/h4-7,9,11,14H,8,10H2,1-3H3,(H,19,21)/t14-/m1/s1. The molecular formula is C17H21N3O4. The molecule has 2 rings (SSSR count). The molecule has 2 aromatic rings. The number of hydrogen-bond donors (Lipinski definition) is 1. The predicted molar refractivity (Wildman–Crippen MR) is 89.4 cm³/mol. The van der Waals surface area contributed by atoms with Crippen molar-refractivity contribution in [3.63, 3.8) is 0 Å². The van der Waals surface area contributed by atoms with Gasteiger partial charge in [-0.05, 0) is 18.4 Å². The van der Waals surface area contributed by atoms with Gasteiger partial charge in [0.05, 0.1) is 18.7 Å². The van der Waals surface area contributed by atoms with E-state index in [1.54, 1.807) is 18.2 Å². The average Bonchev–Trinajstić information content (AvgIpc) is 2.56. The molecule has 0 spiro atoms. The van der Waals surface area contributed by atoms with Crippen LogP contribution in [0.2, 0.25) is 0 Å². The molecule has 1 amide bonds. The Bertz CT molecular complexity index is 798. The zero-order chi connectivity index (χ0) is 17.7. The van der Waals surface area contributed by atoms with E-state index in [0.717, 1.165) is 4.68 Å². The molecule has 0 saturated carbocycles. The van der Waals surface area contributed by atoms with Crippen molar-refractivity contribution in [2.45, 2.75) is 32.9 Å². The van der Waals surface area contributed by atoms with E-state index in [-0.39, 0.29) is 18.0 Å². The van der Waals surface area contributed by atoms with Gasteiger partial charge in [-0.1, -0.05) is 32.0 Å². The van der Waals surface area contributed by atoms with Gasteiger partial charge in [0, 0.05) is 5.39 Å². The second-order valence-corrected chi connectivity index (χ2v) is 5.97. The van der Waals surface area contributed by atoms with Crippen LogP contribution in [0.5, 0.6) is 0 Å². The third-order valence-corrected chi connectivity index (χ3v) is 3.58. The van der Waals surface area contributed by atoms with Crippen LogP contribution < -0.4 is 10.9 Å². The van der Waals surface area contributed by atoms with Crippen molar-refractivity contribution in [3.05, 3.63) is 40.8 Å². The van der Waals surface area contributed by atoms with Crippen molar-refractivity contribution < 1.29 is 14.3 Å². The molecule has 1 aromatic carbocycles. The lowest BCUT2D eigenvalue weighted by Gasteiger charge is -2.18. The molecule has 0 radical (unpaired) electrons. The molecule has 128 valence electrons. The summed E-state index contributed by atoms with van der Waals surface area (Å²) in [7, 11) is 1.28. The molecule has 7 nitrogen and oxygen atoms in total. The minimum atomic E-state index is -0.737. The number of benzene rings is 1. The first-order valence-corrected chi connectivity index (χ1v) is 7.74. The molecule has 1 atom stereocenters. The van der Waals surface area contributed by atoms with Crippen LogP contribution >= 0.6 is 0 Å². The maximum atomic E-state index is 12.3. The van der Waals surface area contributed by atoms with E-state index in [9.17, 15) is 14.4 Å². The Kier molecular flexibility index (Phi) is 5.68. The minimum absolute atomic E-state index is 0.205. The molecule has 0 unspecified atom stereocenters. The van der Waals surface area contributed by atoms with Crippen LogP contribution in [0.4, 0.5) is 0 Å². The number of methoxy groups -OCH3 is 1. The Morgan fingerprint density at radius 1 is 1.29 bits per heavy atom. The molecule has 0 aliphatic rings. The van der Waals surface area contributed by atoms with Gasteiger partial charge in [0.2, 0.25) is 5.91 Å². The predicted octanol–water partition coefficient (Wildman–Crippen LogP) is 1.10. The zero-order valence-corrected chi connectivity index (χ0v) is 14.0. The lowest BCUT2D eigenvalue weighted by atomic mass is 10.0. The van der Waals surface area contributed by atoms with Crippen molar-refractivity contribution in [2.24, 2.45) is 5.92 Å². The molecule has 0 saturated heterocycles. The topological polar surface area (TPSA) is 90.3 Å². The summed E-state index contributed by atoms with van der Waals surface area (Å²) in [6, 6.07) is 6.30. The summed E-state index contributed by atoms with van der Waals surface area (Å²) < 4.78 is 5.79. The Hall–Kier alpha value is -2.70. The molecule has 7 heteroatoms. The van der Waals surface area contributed by atoms with Gasteiger partial charge in [0.1, 0.15) is 12.6 Å². The van der Waals surface area contributed by atoms with E-state index < -0.39 is 17.9 Å². The molecule has 1 heterocycles. The summed E-state index contributed by atoms with van der Waals surface area (Å²) in [6.07, 6.45) is 1.99. The third-order valence-electron chi connectivity index (χ3n) is 3.58. The Balaban J connectivity index is 2.15. The highest BCUT2D eigenvalue weighted by Crippen LogP contribution is 2.07. The molecule has 0 fully saturated rings. The minimum Gasteiger partial charge on any atom is -0.467 e. The fraction of sp³-hybridized carbons (Fsp3) is 0.412. The van der Waals surface area contributed by atoms with Gasteiger partial charge in [0.15, 0.2) is 0 Å². The van der Waals surface area contributed by atoms with E-state index in [1.165, 1.54) is 13.3 Å². The summed E-state index contributed by atoms with van der Waals surface area (Å²) in [5.41, 5.74) is -0.346. The van der Waals surface area contributed by atoms with E-state index in [2.05, 4.69) is 10.4 Å². The Labute approximate surface area is 139 Å². The van der Waals surface area contributed by atoms with Gasteiger partial charge >= 0.3 is 5.97 Å². The first-order chi connectivity index (χ1) is 11.4.